The summed E-state index contributed by atoms with van der Waals surface area (Å²) in [5, 5.41) is 8.93. The number of amides is 2. The number of carbonyl (C=O) groups excluding carboxylic acids is 2. The summed E-state index contributed by atoms with van der Waals surface area (Å²) in [5.74, 6) is -5.45. The van der Waals surface area contributed by atoms with Gasteiger partial charge in [0.05, 0.1) is 0 Å². The second-order valence-electron chi connectivity index (χ2n) is 5.39. The number of hydrogen-bond acceptors (Lipinski definition) is 3. The number of hydrogen-bond donors (Lipinski definition) is 1. The zero-order valence-electron chi connectivity index (χ0n) is 12.6. The third-order valence-corrected chi connectivity index (χ3v) is 4.00. The second-order valence-corrected chi connectivity index (χ2v) is 5.39. The first-order valence-electron chi connectivity index (χ1n) is 7.00. The van der Waals surface area contributed by atoms with Gasteiger partial charge in [0.25, 0.3) is 0 Å². The molecule has 1 heterocycles. The number of anilines is 1. The normalized spacial score (nSPS) is 18.9. The molecule has 0 saturated carbocycles. The van der Waals surface area contributed by atoms with Crippen LogP contribution in [-0.4, -0.2) is 47.4 Å². The van der Waals surface area contributed by atoms with Gasteiger partial charge in [-0.2, -0.15) is 0 Å². The maximum absolute atomic E-state index is 13.3. The van der Waals surface area contributed by atoms with E-state index in [9.17, 15) is 23.2 Å². The molecule has 1 N–H and O–H groups in total. The first kappa shape index (κ1) is 16.9. The van der Waals surface area contributed by atoms with Gasteiger partial charge < -0.3 is 14.9 Å². The lowest BCUT2D eigenvalue weighted by Gasteiger charge is -2.24. The fourth-order valence-electron chi connectivity index (χ4n) is 2.42. The molecule has 2 rings (SSSR count). The number of carboxylic acids is 1. The highest BCUT2D eigenvalue weighted by Crippen LogP contribution is 2.27. The quantitative estimate of drug-likeness (QED) is 0.845. The topological polar surface area (TPSA) is 77.9 Å². The third kappa shape index (κ3) is 3.15. The van der Waals surface area contributed by atoms with Crippen LogP contribution in [-0.2, 0) is 14.4 Å². The number of aliphatic carboxylic acids is 1. The van der Waals surface area contributed by atoms with Gasteiger partial charge in [0.15, 0.2) is 11.6 Å². The molecule has 1 saturated heterocycles. The Morgan fingerprint density at radius 1 is 1.35 bits per heavy atom. The molecule has 6 nitrogen and oxygen atoms in total. The maximum atomic E-state index is 13.3. The van der Waals surface area contributed by atoms with E-state index >= 15 is 0 Å². The average molecular weight is 326 g/mol. The summed E-state index contributed by atoms with van der Waals surface area (Å²) >= 11 is 0. The van der Waals surface area contributed by atoms with Gasteiger partial charge in [-0.1, -0.05) is 0 Å². The molecule has 23 heavy (non-hydrogen) atoms. The van der Waals surface area contributed by atoms with Gasteiger partial charge in [-0.15, -0.1) is 0 Å². The predicted molar refractivity (Wildman–Crippen MR) is 76.7 cm³/mol. The molecule has 8 heteroatoms. The van der Waals surface area contributed by atoms with E-state index in [0.717, 1.165) is 17.0 Å². The minimum Gasteiger partial charge on any atom is -0.480 e. The van der Waals surface area contributed by atoms with Crippen LogP contribution in [0.2, 0.25) is 0 Å². The molecular formula is C15H16F2N2O4. The number of carboxylic acid groups (broad SMARTS) is 1. The Labute approximate surface area is 131 Å². The molecule has 1 aliphatic rings. The van der Waals surface area contributed by atoms with E-state index in [1.807, 2.05) is 0 Å². The summed E-state index contributed by atoms with van der Waals surface area (Å²) < 4.78 is 26.2. The smallest absolute Gasteiger partial charge is 0.326 e. The van der Waals surface area contributed by atoms with Crippen LogP contribution in [0, 0.1) is 17.6 Å². The van der Waals surface area contributed by atoms with Crippen molar-refractivity contribution in [2.75, 3.05) is 18.5 Å². The van der Waals surface area contributed by atoms with E-state index in [1.165, 1.54) is 24.9 Å². The minimum atomic E-state index is -1.18. The molecule has 1 aromatic carbocycles. The summed E-state index contributed by atoms with van der Waals surface area (Å²) in [7, 11) is 1.31. The lowest BCUT2D eigenvalue weighted by molar-refractivity contribution is -0.151. The third-order valence-electron chi connectivity index (χ3n) is 4.00. The Bertz CT molecular complexity index is 665. The van der Waals surface area contributed by atoms with Crippen LogP contribution in [0.1, 0.15) is 13.3 Å². The van der Waals surface area contributed by atoms with Crippen LogP contribution < -0.4 is 4.90 Å². The van der Waals surface area contributed by atoms with E-state index in [-0.39, 0.29) is 18.7 Å². The molecule has 0 aliphatic carbocycles. The Kier molecular flexibility index (Phi) is 4.63. The van der Waals surface area contributed by atoms with E-state index in [2.05, 4.69) is 0 Å². The lowest BCUT2D eigenvalue weighted by Crippen LogP contribution is -2.45. The number of benzene rings is 1. The first-order chi connectivity index (χ1) is 10.7. The van der Waals surface area contributed by atoms with Crippen molar-refractivity contribution in [1.82, 2.24) is 4.90 Å². The van der Waals surface area contributed by atoms with Gasteiger partial charge in [0.2, 0.25) is 11.8 Å². The van der Waals surface area contributed by atoms with Crippen molar-refractivity contribution >= 4 is 23.5 Å². The number of nitrogens with zero attached hydrogens (tertiary/aromatic N) is 2. The summed E-state index contributed by atoms with van der Waals surface area (Å²) in [5.41, 5.74) is 0.165. The number of carbonyl (C=O) groups is 3. The molecule has 0 aromatic heterocycles. The fourth-order valence-corrected chi connectivity index (χ4v) is 2.42. The zero-order valence-corrected chi connectivity index (χ0v) is 12.6. The van der Waals surface area contributed by atoms with Crippen molar-refractivity contribution in [2.45, 2.75) is 19.4 Å². The van der Waals surface area contributed by atoms with Crippen molar-refractivity contribution in [1.29, 1.82) is 0 Å². The minimum absolute atomic E-state index is 0.165. The van der Waals surface area contributed by atoms with Crippen LogP contribution in [0.3, 0.4) is 0 Å². The molecule has 1 fully saturated rings. The maximum Gasteiger partial charge on any atom is 0.326 e. The lowest BCUT2D eigenvalue weighted by atomic mass is 10.1. The highest BCUT2D eigenvalue weighted by molar-refractivity contribution is 6.10. The molecular weight excluding hydrogens is 310 g/mol. The highest BCUT2D eigenvalue weighted by Gasteiger charge is 2.40. The van der Waals surface area contributed by atoms with Gasteiger partial charge in [-0.3, -0.25) is 9.59 Å². The molecule has 1 aromatic rings. The highest BCUT2D eigenvalue weighted by atomic mass is 19.2. The monoisotopic (exact) mass is 326 g/mol. The van der Waals surface area contributed by atoms with Crippen molar-refractivity contribution < 1.29 is 28.3 Å². The second kappa shape index (κ2) is 6.31. The Balaban J connectivity index is 2.16. The summed E-state index contributed by atoms with van der Waals surface area (Å²) in [6, 6.07) is 2.00. The van der Waals surface area contributed by atoms with E-state index in [1.54, 1.807) is 0 Å². The number of halogens is 2. The van der Waals surface area contributed by atoms with Crippen LogP contribution in [0.15, 0.2) is 18.2 Å². The summed E-state index contributed by atoms with van der Waals surface area (Å²) in [4.78, 5) is 37.8. The van der Waals surface area contributed by atoms with Crippen molar-refractivity contribution in [3.8, 4) is 0 Å². The van der Waals surface area contributed by atoms with Gasteiger partial charge in [-0.25, -0.2) is 13.6 Å². The first-order valence-corrected chi connectivity index (χ1v) is 7.00. The summed E-state index contributed by atoms with van der Waals surface area (Å²) in [6.07, 6.45) is 0.188. The molecule has 2 amide bonds. The molecule has 0 unspecified atom stereocenters. The molecule has 0 bridgehead atoms. The Morgan fingerprint density at radius 3 is 2.57 bits per heavy atom. The molecule has 1 aliphatic heterocycles. The Morgan fingerprint density at radius 2 is 2.00 bits per heavy atom. The fraction of sp³-hybridized carbons (Fsp3) is 0.400. The molecule has 124 valence electrons. The molecule has 0 spiro atoms. The van der Waals surface area contributed by atoms with E-state index in [0.29, 0.717) is 0 Å². The van der Waals surface area contributed by atoms with Gasteiger partial charge in [0, 0.05) is 25.3 Å². The predicted octanol–water partition coefficient (Wildman–Crippen LogP) is 1.25. The summed E-state index contributed by atoms with van der Waals surface area (Å²) in [6.45, 7) is 1.52. The number of rotatable bonds is 4. The standard InChI is InChI=1S/C15H16F2N2O4/c1-8(15(22)23)18(2)13(20)10-5-6-19(14(10)21)9-3-4-11(16)12(17)7-9/h3-4,7-8,10H,5-6H2,1-2H3,(H,22,23)/t8-,10-/m0/s1. The Hall–Kier alpha value is -2.51. The van der Waals surface area contributed by atoms with Gasteiger partial charge in [-0.05, 0) is 25.5 Å². The zero-order chi connectivity index (χ0) is 17.3. The van der Waals surface area contributed by atoms with Gasteiger partial charge >= 0.3 is 5.97 Å². The van der Waals surface area contributed by atoms with Crippen LogP contribution in [0.5, 0.6) is 0 Å². The van der Waals surface area contributed by atoms with Crippen molar-refractivity contribution in [3.05, 3.63) is 29.8 Å². The van der Waals surface area contributed by atoms with Crippen molar-refractivity contribution in [2.24, 2.45) is 5.92 Å². The molecule has 0 radical (unpaired) electrons. The largest absolute Gasteiger partial charge is 0.480 e. The average Bonchev–Trinajstić information content (AvgIpc) is 2.89. The number of likely N-dealkylation sites (N-methyl/N-ethyl adjacent to an activating group) is 1. The van der Waals surface area contributed by atoms with E-state index in [4.69, 9.17) is 5.11 Å². The van der Waals surface area contributed by atoms with E-state index < -0.39 is 41.4 Å². The van der Waals surface area contributed by atoms with Crippen molar-refractivity contribution in [3.63, 3.8) is 0 Å². The van der Waals surface area contributed by atoms with Crippen LogP contribution >= 0.6 is 0 Å². The SMILES string of the molecule is C[C@@H](C(=O)O)N(C)C(=O)[C@@H]1CCN(c2ccc(F)c(F)c2)C1=O. The molecule has 2 atom stereocenters. The van der Waals surface area contributed by atoms with Crippen LogP contribution in [0.25, 0.3) is 0 Å². The van der Waals surface area contributed by atoms with Crippen LogP contribution in [0.4, 0.5) is 14.5 Å². The van der Waals surface area contributed by atoms with Gasteiger partial charge in [0.1, 0.15) is 12.0 Å².